The van der Waals surface area contributed by atoms with E-state index >= 15 is 0 Å². The van der Waals surface area contributed by atoms with Crippen molar-refractivity contribution in [1.29, 1.82) is 5.26 Å². The van der Waals surface area contributed by atoms with Crippen LogP contribution in [0.3, 0.4) is 0 Å². The molecule has 2 fully saturated rings. The molecule has 11 heteroatoms. The Morgan fingerprint density at radius 2 is 1.86 bits per heavy atom. The molecule has 1 aromatic heterocycles. The van der Waals surface area contributed by atoms with E-state index in [2.05, 4.69) is 16.5 Å². The summed E-state index contributed by atoms with van der Waals surface area (Å²) in [5.74, 6) is -1.13. The highest BCUT2D eigenvalue weighted by Gasteiger charge is 2.52. The van der Waals surface area contributed by atoms with Gasteiger partial charge in [0.15, 0.2) is 5.82 Å². The molecule has 36 heavy (non-hydrogen) atoms. The number of nitriles is 1. The minimum atomic E-state index is -0.757. The smallest absolute Gasteiger partial charge is 0.465 e. The van der Waals surface area contributed by atoms with Gasteiger partial charge in [-0.3, -0.25) is 9.48 Å². The molecule has 2 atom stereocenters. The van der Waals surface area contributed by atoms with Crippen molar-refractivity contribution in [2.24, 2.45) is 11.7 Å². The highest BCUT2D eigenvalue weighted by molar-refractivity contribution is 6.63. The summed E-state index contributed by atoms with van der Waals surface area (Å²) < 4.78 is 18.9. The zero-order valence-electron chi connectivity index (χ0n) is 21.3. The molecule has 1 aliphatic carbocycles. The number of carbonyl (C=O) groups excluding carboxylic acids is 2. The number of rotatable bonds is 6. The molecular weight excluding hydrogens is 461 g/mol. The number of hydrogen-bond donors (Lipinski definition) is 2. The Bertz CT molecular complexity index is 1200. The Kier molecular flexibility index (Phi) is 6.86. The van der Waals surface area contributed by atoms with Crippen LogP contribution in [0.5, 0.6) is 0 Å². The first-order valence-electron chi connectivity index (χ1n) is 12.1. The van der Waals surface area contributed by atoms with E-state index in [4.69, 9.17) is 19.8 Å². The standard InChI is InChI=1S/C25H32BN5O5/c1-24(2)25(3,4)36-26(35-24)19-11-10-16(12-17(19)23(33)34-5)29-22-18(21(28)32)14-31(30-22)20-9-7-6-8-15(20)13-27/h10-12,14-15,20H,6-9H2,1-5H3,(H2,28,32)(H,29,30)/t15-,20?/m1/s1. The minimum absolute atomic E-state index is 0.131. The fourth-order valence-electron chi connectivity index (χ4n) is 4.65. The molecule has 0 radical (unpaired) electrons. The highest BCUT2D eigenvalue weighted by Crippen LogP contribution is 2.37. The number of primary amides is 1. The van der Waals surface area contributed by atoms with Gasteiger partial charge >= 0.3 is 13.1 Å². The molecule has 1 unspecified atom stereocenters. The number of esters is 1. The first-order chi connectivity index (χ1) is 17.0. The number of amides is 1. The number of nitrogens with two attached hydrogens (primary N) is 1. The molecule has 2 aromatic rings. The summed E-state index contributed by atoms with van der Waals surface area (Å²) in [6, 6.07) is 7.31. The molecule has 1 amide bonds. The molecule has 190 valence electrons. The lowest BCUT2D eigenvalue weighted by molar-refractivity contribution is 0.00578. The van der Waals surface area contributed by atoms with Gasteiger partial charge in [-0.2, -0.15) is 10.4 Å². The van der Waals surface area contributed by atoms with E-state index < -0.39 is 30.2 Å². The van der Waals surface area contributed by atoms with Gasteiger partial charge in [0.2, 0.25) is 0 Å². The fraction of sp³-hybridized carbons (Fsp3) is 0.520. The van der Waals surface area contributed by atoms with E-state index in [1.165, 1.54) is 7.11 Å². The monoisotopic (exact) mass is 493 g/mol. The lowest BCUT2D eigenvalue weighted by Gasteiger charge is -2.32. The summed E-state index contributed by atoms with van der Waals surface area (Å²) in [4.78, 5) is 24.9. The van der Waals surface area contributed by atoms with Crippen LogP contribution in [-0.2, 0) is 14.0 Å². The largest absolute Gasteiger partial charge is 0.495 e. The van der Waals surface area contributed by atoms with Crippen molar-refractivity contribution in [2.75, 3.05) is 12.4 Å². The Hall–Kier alpha value is -3.36. The molecule has 4 rings (SSSR count). The van der Waals surface area contributed by atoms with Crippen LogP contribution < -0.4 is 16.5 Å². The summed E-state index contributed by atoms with van der Waals surface area (Å²) in [6.45, 7) is 7.74. The van der Waals surface area contributed by atoms with Crippen LogP contribution in [0.15, 0.2) is 24.4 Å². The van der Waals surface area contributed by atoms with Crippen LogP contribution in [0, 0.1) is 17.2 Å². The van der Waals surface area contributed by atoms with Crippen molar-refractivity contribution in [1.82, 2.24) is 9.78 Å². The maximum Gasteiger partial charge on any atom is 0.495 e. The topological polar surface area (TPSA) is 141 Å². The molecule has 1 saturated heterocycles. The van der Waals surface area contributed by atoms with Gasteiger partial charge in [0, 0.05) is 11.9 Å². The van der Waals surface area contributed by atoms with Crippen LogP contribution in [0.2, 0.25) is 0 Å². The molecule has 1 aliphatic heterocycles. The predicted molar refractivity (Wildman–Crippen MR) is 134 cm³/mol. The van der Waals surface area contributed by atoms with Crippen molar-refractivity contribution in [3.63, 3.8) is 0 Å². The normalized spacial score (nSPS) is 22.6. The maximum absolute atomic E-state index is 12.7. The Balaban J connectivity index is 1.67. The highest BCUT2D eigenvalue weighted by atomic mass is 16.7. The lowest BCUT2D eigenvalue weighted by Crippen LogP contribution is -2.41. The summed E-state index contributed by atoms with van der Waals surface area (Å²) in [6.07, 6.45) is 5.16. The minimum Gasteiger partial charge on any atom is -0.465 e. The third-order valence-corrected chi connectivity index (χ3v) is 7.46. The van der Waals surface area contributed by atoms with Crippen molar-refractivity contribution in [3.8, 4) is 6.07 Å². The number of anilines is 2. The maximum atomic E-state index is 12.7. The third kappa shape index (κ3) is 4.71. The van der Waals surface area contributed by atoms with E-state index in [0.717, 1.165) is 25.7 Å². The number of aromatic nitrogens is 2. The van der Waals surface area contributed by atoms with E-state index in [1.54, 1.807) is 29.1 Å². The summed E-state index contributed by atoms with van der Waals surface area (Å²) in [5.41, 5.74) is 5.98. The molecule has 2 aliphatic rings. The molecule has 0 bridgehead atoms. The van der Waals surface area contributed by atoms with Crippen molar-refractivity contribution in [2.45, 2.75) is 70.6 Å². The van der Waals surface area contributed by atoms with Crippen molar-refractivity contribution >= 4 is 36.0 Å². The molecule has 10 nitrogen and oxygen atoms in total. The van der Waals surface area contributed by atoms with Crippen molar-refractivity contribution < 1.29 is 23.6 Å². The lowest BCUT2D eigenvalue weighted by atomic mass is 9.75. The zero-order chi connectivity index (χ0) is 26.3. The number of hydrogen-bond acceptors (Lipinski definition) is 8. The number of carbonyl (C=O) groups is 2. The Labute approximate surface area is 211 Å². The summed E-state index contributed by atoms with van der Waals surface area (Å²) in [5, 5.41) is 17.2. The van der Waals surface area contributed by atoms with Crippen LogP contribution in [0.25, 0.3) is 0 Å². The first-order valence-corrected chi connectivity index (χ1v) is 12.1. The van der Waals surface area contributed by atoms with E-state index in [0.29, 0.717) is 11.2 Å². The number of benzene rings is 1. The number of ether oxygens (including phenoxy) is 1. The van der Waals surface area contributed by atoms with Crippen LogP contribution in [-0.4, -0.2) is 47.1 Å². The van der Waals surface area contributed by atoms with E-state index in [9.17, 15) is 14.9 Å². The first kappa shape index (κ1) is 25.7. The van der Waals surface area contributed by atoms with Crippen LogP contribution >= 0.6 is 0 Å². The van der Waals surface area contributed by atoms with Gasteiger partial charge in [-0.15, -0.1) is 0 Å². The quantitative estimate of drug-likeness (QED) is 0.462. The summed E-state index contributed by atoms with van der Waals surface area (Å²) >= 11 is 0. The van der Waals surface area contributed by atoms with E-state index in [1.807, 2.05) is 27.7 Å². The Morgan fingerprint density at radius 1 is 1.19 bits per heavy atom. The van der Waals surface area contributed by atoms with Gasteiger partial charge in [-0.05, 0) is 58.1 Å². The second kappa shape index (κ2) is 9.60. The van der Waals surface area contributed by atoms with Gasteiger partial charge in [0.25, 0.3) is 5.91 Å². The molecule has 0 spiro atoms. The Morgan fingerprint density at radius 3 is 2.47 bits per heavy atom. The second-order valence-electron chi connectivity index (χ2n) is 10.3. The second-order valence-corrected chi connectivity index (χ2v) is 10.3. The van der Waals surface area contributed by atoms with Gasteiger partial charge < -0.3 is 25.1 Å². The number of methoxy groups -OCH3 is 1. The predicted octanol–water partition coefficient (Wildman–Crippen LogP) is 3.07. The van der Waals surface area contributed by atoms with E-state index in [-0.39, 0.29) is 28.9 Å². The van der Waals surface area contributed by atoms with Gasteiger partial charge in [-0.1, -0.05) is 18.9 Å². The average molecular weight is 493 g/mol. The number of nitrogens with one attached hydrogen (secondary N) is 1. The number of nitrogens with zero attached hydrogens (tertiary/aromatic N) is 3. The van der Waals surface area contributed by atoms with Crippen LogP contribution in [0.1, 0.15) is 80.1 Å². The van der Waals surface area contributed by atoms with Crippen molar-refractivity contribution in [3.05, 3.63) is 35.5 Å². The SMILES string of the molecule is COC(=O)c1cc(Nc2nn(C3CCCC[C@@H]3C#N)cc2C(N)=O)ccc1B1OC(C)(C)C(C)(C)O1. The fourth-order valence-corrected chi connectivity index (χ4v) is 4.65. The van der Waals surface area contributed by atoms with Gasteiger partial charge in [0.05, 0.1) is 41.9 Å². The molecule has 3 N–H and O–H groups in total. The molecular formula is C25H32BN5O5. The summed E-state index contributed by atoms with van der Waals surface area (Å²) in [7, 11) is 0.548. The van der Waals surface area contributed by atoms with Gasteiger partial charge in [-0.25, -0.2) is 4.79 Å². The van der Waals surface area contributed by atoms with Gasteiger partial charge in [0.1, 0.15) is 5.56 Å². The third-order valence-electron chi connectivity index (χ3n) is 7.46. The average Bonchev–Trinajstić information content (AvgIpc) is 3.35. The zero-order valence-corrected chi connectivity index (χ0v) is 21.3. The van der Waals surface area contributed by atoms with Crippen LogP contribution in [0.4, 0.5) is 11.5 Å². The molecule has 1 aromatic carbocycles. The molecule has 1 saturated carbocycles. The molecule has 2 heterocycles.